The molecule has 20 heavy (non-hydrogen) atoms. The Morgan fingerprint density at radius 3 is 2.65 bits per heavy atom. The molecule has 2 aliphatic carbocycles. The second-order valence-electron chi connectivity index (χ2n) is 5.95. The molecule has 5 nitrogen and oxygen atoms in total. The average Bonchev–Trinajstić information content (AvgIpc) is 3.25. The van der Waals surface area contributed by atoms with E-state index in [0.717, 1.165) is 37.9 Å². The van der Waals surface area contributed by atoms with Crippen LogP contribution in [0.3, 0.4) is 0 Å². The summed E-state index contributed by atoms with van der Waals surface area (Å²) in [6.45, 7) is 0.729. The van der Waals surface area contributed by atoms with E-state index in [1.54, 1.807) is 10.9 Å². The lowest BCUT2D eigenvalue weighted by atomic mass is 9.93. The molecule has 0 aliphatic heterocycles. The molecule has 6 heteroatoms. The van der Waals surface area contributed by atoms with E-state index in [9.17, 15) is 9.90 Å². The van der Waals surface area contributed by atoms with E-state index in [2.05, 4.69) is 26.3 Å². The number of aromatic nitrogens is 2. The van der Waals surface area contributed by atoms with Crippen molar-refractivity contribution in [2.45, 2.75) is 57.2 Å². The fourth-order valence-electron chi connectivity index (χ4n) is 2.68. The molecule has 2 saturated carbocycles. The fraction of sp³-hybridized carbons (Fsp3) is 0.714. The van der Waals surface area contributed by atoms with Crippen LogP contribution in [-0.4, -0.2) is 27.0 Å². The van der Waals surface area contributed by atoms with Gasteiger partial charge in [-0.25, -0.2) is 4.68 Å². The summed E-state index contributed by atoms with van der Waals surface area (Å²) in [5, 5.41) is 17.2. The highest BCUT2D eigenvalue weighted by molar-refractivity contribution is 9.10. The van der Waals surface area contributed by atoms with Crippen molar-refractivity contribution in [2.75, 3.05) is 5.32 Å². The van der Waals surface area contributed by atoms with Crippen LogP contribution in [0.5, 0.6) is 0 Å². The minimum atomic E-state index is -0.166. The van der Waals surface area contributed by atoms with E-state index in [-0.39, 0.29) is 11.7 Å². The van der Waals surface area contributed by atoms with Gasteiger partial charge in [-0.2, -0.15) is 5.10 Å². The normalized spacial score (nSPS) is 26.5. The Bertz CT molecular complexity index is 534. The van der Waals surface area contributed by atoms with Gasteiger partial charge in [0.2, 0.25) is 0 Å². The van der Waals surface area contributed by atoms with Crippen molar-refractivity contribution in [3.8, 4) is 0 Å². The molecule has 110 valence electrons. The Morgan fingerprint density at radius 2 is 2.00 bits per heavy atom. The molecule has 2 fully saturated rings. The lowest BCUT2D eigenvalue weighted by molar-refractivity contribution is 0.126. The molecule has 3 rings (SSSR count). The van der Waals surface area contributed by atoms with Gasteiger partial charge in [0.15, 0.2) is 0 Å². The van der Waals surface area contributed by atoms with Crippen LogP contribution in [0, 0.1) is 5.92 Å². The monoisotopic (exact) mass is 341 g/mol. The zero-order chi connectivity index (χ0) is 14.1. The number of hydrogen-bond donors (Lipinski definition) is 2. The van der Waals surface area contributed by atoms with Crippen molar-refractivity contribution in [2.24, 2.45) is 5.92 Å². The van der Waals surface area contributed by atoms with Gasteiger partial charge in [-0.3, -0.25) is 4.79 Å². The third-order valence-corrected chi connectivity index (χ3v) is 4.94. The molecule has 0 atom stereocenters. The zero-order valence-electron chi connectivity index (χ0n) is 11.4. The van der Waals surface area contributed by atoms with Gasteiger partial charge in [-0.1, -0.05) is 0 Å². The number of nitrogens with one attached hydrogen (secondary N) is 1. The first-order valence-electron chi connectivity index (χ1n) is 7.33. The second kappa shape index (κ2) is 5.85. The van der Waals surface area contributed by atoms with Gasteiger partial charge in [0.05, 0.1) is 18.0 Å². The minimum absolute atomic E-state index is 0.0576. The largest absolute Gasteiger partial charge is 0.393 e. The summed E-state index contributed by atoms with van der Waals surface area (Å²) in [5.74, 6) is 0.630. The zero-order valence-corrected chi connectivity index (χ0v) is 13.0. The minimum Gasteiger partial charge on any atom is -0.393 e. The van der Waals surface area contributed by atoms with Crippen LogP contribution >= 0.6 is 15.9 Å². The van der Waals surface area contributed by atoms with Crippen LogP contribution in [0.1, 0.15) is 38.5 Å². The summed E-state index contributed by atoms with van der Waals surface area (Å²) in [6, 6.07) is 0.315. The Hall–Kier alpha value is -0.880. The second-order valence-corrected chi connectivity index (χ2v) is 6.75. The molecule has 0 saturated heterocycles. The van der Waals surface area contributed by atoms with Gasteiger partial charge in [-0.15, -0.1) is 0 Å². The molecule has 0 radical (unpaired) electrons. The van der Waals surface area contributed by atoms with Gasteiger partial charge in [0.25, 0.3) is 5.56 Å². The maximum atomic E-state index is 12.2. The number of halogens is 1. The smallest absolute Gasteiger partial charge is 0.283 e. The summed E-state index contributed by atoms with van der Waals surface area (Å²) in [5.41, 5.74) is 0.709. The highest BCUT2D eigenvalue weighted by Gasteiger charge is 2.24. The highest BCUT2D eigenvalue weighted by atomic mass is 79.9. The van der Waals surface area contributed by atoms with Crippen LogP contribution in [0.2, 0.25) is 0 Å². The summed E-state index contributed by atoms with van der Waals surface area (Å²) < 4.78 is 2.12. The standard InChI is InChI=1S/C14H20BrN3O2/c15-13-12(17-10-3-5-11(19)6-4-10)7-16-18(14(13)20)8-9-1-2-9/h7,9-11,17,19H,1-6,8H2. The van der Waals surface area contributed by atoms with Crippen molar-refractivity contribution in [1.82, 2.24) is 9.78 Å². The maximum absolute atomic E-state index is 12.2. The van der Waals surface area contributed by atoms with Gasteiger partial charge in [-0.05, 0) is 60.4 Å². The fourth-order valence-corrected chi connectivity index (χ4v) is 3.10. The maximum Gasteiger partial charge on any atom is 0.283 e. The van der Waals surface area contributed by atoms with E-state index in [1.165, 1.54) is 12.8 Å². The summed E-state index contributed by atoms with van der Waals surface area (Å²) >= 11 is 3.39. The first-order valence-corrected chi connectivity index (χ1v) is 8.13. The first kappa shape index (κ1) is 14.1. The molecule has 1 heterocycles. The third kappa shape index (κ3) is 3.23. The quantitative estimate of drug-likeness (QED) is 0.880. The van der Waals surface area contributed by atoms with E-state index in [1.807, 2.05) is 0 Å². The van der Waals surface area contributed by atoms with Crippen molar-refractivity contribution in [1.29, 1.82) is 0 Å². The Kier molecular flexibility index (Phi) is 4.12. The number of aliphatic hydroxyl groups is 1. The lowest BCUT2D eigenvalue weighted by Crippen LogP contribution is -2.30. The molecular formula is C14H20BrN3O2. The molecule has 0 bridgehead atoms. The van der Waals surface area contributed by atoms with Crippen molar-refractivity contribution >= 4 is 21.6 Å². The summed E-state index contributed by atoms with van der Waals surface area (Å²) in [6.07, 6.45) is 7.48. The van der Waals surface area contributed by atoms with Gasteiger partial charge >= 0.3 is 0 Å². The van der Waals surface area contributed by atoms with E-state index < -0.39 is 0 Å². The van der Waals surface area contributed by atoms with Crippen LogP contribution in [0.4, 0.5) is 5.69 Å². The summed E-state index contributed by atoms with van der Waals surface area (Å²) in [4.78, 5) is 12.2. The molecular weight excluding hydrogens is 322 g/mol. The van der Waals surface area contributed by atoms with Crippen molar-refractivity contribution in [3.63, 3.8) is 0 Å². The molecule has 0 amide bonds. The number of aliphatic hydroxyl groups excluding tert-OH is 1. The molecule has 1 aromatic rings. The highest BCUT2D eigenvalue weighted by Crippen LogP contribution is 2.30. The van der Waals surface area contributed by atoms with Gasteiger partial charge < -0.3 is 10.4 Å². The molecule has 2 N–H and O–H groups in total. The predicted octanol–water partition coefficient (Wildman–Crippen LogP) is 2.13. The number of nitrogens with zero attached hydrogens (tertiary/aromatic N) is 2. The Balaban J connectivity index is 1.70. The summed E-state index contributed by atoms with van der Waals surface area (Å²) in [7, 11) is 0. The third-order valence-electron chi connectivity index (χ3n) is 4.17. The Labute approximate surface area is 126 Å². The van der Waals surface area contributed by atoms with Gasteiger partial charge in [0.1, 0.15) is 4.47 Å². The molecule has 1 aromatic heterocycles. The van der Waals surface area contributed by atoms with Crippen molar-refractivity contribution < 1.29 is 5.11 Å². The van der Waals surface area contributed by atoms with Crippen LogP contribution in [0.15, 0.2) is 15.5 Å². The number of anilines is 1. The van der Waals surface area contributed by atoms with E-state index >= 15 is 0 Å². The molecule has 0 spiro atoms. The van der Waals surface area contributed by atoms with Gasteiger partial charge in [0, 0.05) is 12.6 Å². The Morgan fingerprint density at radius 1 is 1.30 bits per heavy atom. The van der Waals surface area contributed by atoms with E-state index in [0.29, 0.717) is 16.4 Å². The first-order chi connectivity index (χ1) is 9.63. The number of rotatable bonds is 4. The van der Waals surface area contributed by atoms with Crippen LogP contribution in [0.25, 0.3) is 0 Å². The SMILES string of the molecule is O=c1c(Br)c(NC2CCC(O)CC2)cnn1CC1CC1. The van der Waals surface area contributed by atoms with E-state index in [4.69, 9.17) is 0 Å². The predicted molar refractivity (Wildman–Crippen MR) is 80.8 cm³/mol. The topological polar surface area (TPSA) is 67.2 Å². The number of hydrogen-bond acceptors (Lipinski definition) is 4. The molecule has 2 aliphatic rings. The lowest BCUT2D eigenvalue weighted by Gasteiger charge is -2.27. The molecule has 0 aromatic carbocycles. The van der Waals surface area contributed by atoms with Crippen LogP contribution < -0.4 is 10.9 Å². The average molecular weight is 342 g/mol. The molecule has 0 unspecified atom stereocenters. The van der Waals surface area contributed by atoms with Crippen molar-refractivity contribution in [3.05, 3.63) is 21.0 Å². The van der Waals surface area contributed by atoms with Crippen LogP contribution in [-0.2, 0) is 6.54 Å².